The van der Waals surface area contributed by atoms with E-state index in [1.165, 1.54) is 12.8 Å². The van der Waals surface area contributed by atoms with Gasteiger partial charge < -0.3 is 10.2 Å². The van der Waals surface area contributed by atoms with E-state index in [0.29, 0.717) is 0 Å². The molecule has 1 aromatic rings. The van der Waals surface area contributed by atoms with Crippen LogP contribution >= 0.6 is 15.9 Å². The highest BCUT2D eigenvalue weighted by atomic mass is 79.9. The van der Waals surface area contributed by atoms with Crippen molar-refractivity contribution in [2.45, 2.75) is 44.7 Å². The van der Waals surface area contributed by atoms with E-state index in [2.05, 4.69) is 27.8 Å². The highest BCUT2D eigenvalue weighted by Crippen LogP contribution is 2.34. The normalized spacial score (nSPS) is 27.0. The molecule has 0 spiro atoms. The molecule has 4 heteroatoms. The van der Waals surface area contributed by atoms with Crippen molar-refractivity contribution in [3.63, 3.8) is 0 Å². The Balaban J connectivity index is 2.26. The van der Waals surface area contributed by atoms with Crippen LogP contribution in [-0.4, -0.2) is 24.0 Å². The van der Waals surface area contributed by atoms with Gasteiger partial charge in [0.15, 0.2) is 0 Å². The molecule has 0 saturated carbocycles. The largest absolute Gasteiger partial charge is 0.466 e. The lowest BCUT2D eigenvalue weighted by Gasteiger charge is -2.31. The lowest BCUT2D eigenvalue weighted by Crippen LogP contribution is -2.40. The molecule has 1 aliphatic heterocycles. The minimum atomic E-state index is 0.173. The monoisotopic (exact) mass is 300 g/mol. The summed E-state index contributed by atoms with van der Waals surface area (Å²) in [6.45, 7) is 4.43. The van der Waals surface area contributed by atoms with Crippen molar-refractivity contribution in [3.8, 4) is 0 Å². The first kappa shape index (κ1) is 13.1. The van der Waals surface area contributed by atoms with Gasteiger partial charge in [0, 0.05) is 6.04 Å². The maximum Gasteiger partial charge on any atom is 0.136 e. The fourth-order valence-corrected chi connectivity index (χ4v) is 3.11. The van der Waals surface area contributed by atoms with Crippen molar-refractivity contribution >= 4 is 15.9 Å². The molecule has 2 unspecified atom stereocenters. The summed E-state index contributed by atoms with van der Waals surface area (Å²) in [5, 5.41) is 0. The van der Waals surface area contributed by atoms with Gasteiger partial charge in [0.2, 0.25) is 0 Å². The van der Waals surface area contributed by atoms with Crippen molar-refractivity contribution in [2.24, 2.45) is 5.73 Å². The molecule has 96 valence electrons. The van der Waals surface area contributed by atoms with Crippen LogP contribution in [-0.2, 0) is 0 Å². The van der Waals surface area contributed by atoms with Crippen LogP contribution in [0.15, 0.2) is 21.2 Å². The quantitative estimate of drug-likeness (QED) is 0.931. The second-order valence-electron chi connectivity index (χ2n) is 4.77. The maximum atomic E-state index is 6.34. The molecule has 0 aromatic carbocycles. The number of likely N-dealkylation sites (tertiary alicyclic amines) is 1. The first-order chi connectivity index (χ1) is 8.24. The van der Waals surface area contributed by atoms with Crippen LogP contribution in [0.2, 0.25) is 0 Å². The van der Waals surface area contributed by atoms with E-state index in [0.717, 1.165) is 36.2 Å². The van der Waals surface area contributed by atoms with E-state index in [-0.39, 0.29) is 12.1 Å². The van der Waals surface area contributed by atoms with E-state index in [1.54, 1.807) is 6.26 Å². The Labute approximate surface area is 111 Å². The summed E-state index contributed by atoms with van der Waals surface area (Å²) in [6, 6.07) is 2.35. The zero-order valence-corrected chi connectivity index (χ0v) is 11.9. The first-order valence-corrected chi connectivity index (χ1v) is 7.26. The zero-order valence-electron chi connectivity index (χ0n) is 10.4. The number of rotatable bonds is 3. The molecular weight excluding hydrogens is 280 g/mol. The molecule has 0 aliphatic carbocycles. The predicted octanol–water partition coefficient (Wildman–Crippen LogP) is 3.31. The molecule has 1 aromatic heterocycles. The maximum absolute atomic E-state index is 6.34. The van der Waals surface area contributed by atoms with Gasteiger partial charge in [-0.2, -0.15) is 0 Å². The molecule has 0 radical (unpaired) electrons. The van der Waals surface area contributed by atoms with Gasteiger partial charge in [0.1, 0.15) is 5.76 Å². The molecule has 2 atom stereocenters. The molecule has 2 N–H and O–H groups in total. The second-order valence-corrected chi connectivity index (χ2v) is 5.63. The average molecular weight is 301 g/mol. The first-order valence-electron chi connectivity index (χ1n) is 6.46. The summed E-state index contributed by atoms with van der Waals surface area (Å²) >= 11 is 3.56. The molecule has 3 nitrogen and oxygen atoms in total. The third-order valence-corrected chi connectivity index (χ3v) is 4.11. The molecule has 2 heterocycles. The number of nitrogens with zero attached hydrogens (tertiary/aromatic N) is 1. The molecule has 17 heavy (non-hydrogen) atoms. The van der Waals surface area contributed by atoms with Crippen LogP contribution in [0.4, 0.5) is 0 Å². The van der Waals surface area contributed by atoms with Gasteiger partial charge in [-0.3, -0.25) is 4.90 Å². The number of hydrogen-bond donors (Lipinski definition) is 1. The number of furan rings is 1. The van der Waals surface area contributed by atoms with Gasteiger partial charge in [-0.05, 0) is 54.3 Å². The molecule has 1 aliphatic rings. The predicted molar refractivity (Wildman–Crippen MR) is 72.8 cm³/mol. The Morgan fingerprint density at radius 2 is 2.35 bits per heavy atom. The number of halogens is 1. The van der Waals surface area contributed by atoms with Gasteiger partial charge in [-0.1, -0.05) is 13.3 Å². The Bertz CT molecular complexity index is 353. The molecule has 2 rings (SSSR count). The lowest BCUT2D eigenvalue weighted by molar-refractivity contribution is 0.162. The minimum Gasteiger partial charge on any atom is -0.466 e. The summed E-state index contributed by atoms with van der Waals surface area (Å²) in [6.07, 6.45) is 6.43. The summed E-state index contributed by atoms with van der Waals surface area (Å²) in [5.41, 5.74) is 6.34. The molecule has 1 saturated heterocycles. The van der Waals surface area contributed by atoms with Gasteiger partial charge >= 0.3 is 0 Å². The van der Waals surface area contributed by atoms with E-state index in [1.807, 2.05) is 6.07 Å². The number of nitrogens with two attached hydrogens (primary N) is 1. The van der Waals surface area contributed by atoms with Crippen molar-refractivity contribution in [1.29, 1.82) is 0 Å². The van der Waals surface area contributed by atoms with Crippen molar-refractivity contribution in [1.82, 2.24) is 4.90 Å². The van der Waals surface area contributed by atoms with E-state index >= 15 is 0 Å². The standard InChI is InChI=1S/C13H21BrN2O/c1-2-7-16-8-4-3-5-11(15)12(16)13-10(14)6-9-17-13/h6,9,11-12H,2-5,7-8,15H2,1H3. The van der Waals surface area contributed by atoms with Crippen LogP contribution in [0.5, 0.6) is 0 Å². The lowest BCUT2D eigenvalue weighted by atomic mass is 10.0. The SMILES string of the molecule is CCCN1CCCCC(N)C1c1occc1Br. The smallest absolute Gasteiger partial charge is 0.136 e. The highest BCUT2D eigenvalue weighted by Gasteiger charge is 2.31. The number of hydrogen-bond acceptors (Lipinski definition) is 3. The summed E-state index contributed by atoms with van der Waals surface area (Å²) in [4.78, 5) is 2.47. The highest BCUT2D eigenvalue weighted by molar-refractivity contribution is 9.10. The van der Waals surface area contributed by atoms with Gasteiger partial charge in [-0.15, -0.1) is 0 Å². The van der Waals surface area contributed by atoms with Gasteiger partial charge in [-0.25, -0.2) is 0 Å². The Morgan fingerprint density at radius 3 is 3.00 bits per heavy atom. The average Bonchev–Trinajstić information content (AvgIpc) is 2.63. The van der Waals surface area contributed by atoms with E-state index in [4.69, 9.17) is 10.2 Å². The van der Waals surface area contributed by atoms with Crippen LogP contribution in [0.3, 0.4) is 0 Å². The topological polar surface area (TPSA) is 42.4 Å². The van der Waals surface area contributed by atoms with Crippen molar-refractivity contribution in [3.05, 3.63) is 22.6 Å². The van der Waals surface area contributed by atoms with Crippen LogP contribution in [0, 0.1) is 0 Å². The van der Waals surface area contributed by atoms with E-state index in [9.17, 15) is 0 Å². The molecule has 0 amide bonds. The summed E-state index contributed by atoms with van der Waals surface area (Å²) in [7, 11) is 0. The van der Waals surface area contributed by atoms with Gasteiger partial charge in [0.05, 0.1) is 16.8 Å². The fraction of sp³-hybridized carbons (Fsp3) is 0.692. The Morgan fingerprint density at radius 1 is 1.53 bits per heavy atom. The van der Waals surface area contributed by atoms with E-state index < -0.39 is 0 Å². The third kappa shape index (κ3) is 2.92. The van der Waals surface area contributed by atoms with Crippen LogP contribution in [0.25, 0.3) is 0 Å². The van der Waals surface area contributed by atoms with Gasteiger partial charge in [0.25, 0.3) is 0 Å². The third-order valence-electron chi connectivity index (χ3n) is 3.46. The minimum absolute atomic E-state index is 0.173. The van der Waals surface area contributed by atoms with Crippen LogP contribution < -0.4 is 5.73 Å². The molecule has 1 fully saturated rings. The molecular formula is C13H21BrN2O. The van der Waals surface area contributed by atoms with Crippen LogP contribution in [0.1, 0.15) is 44.4 Å². The van der Waals surface area contributed by atoms with Crippen molar-refractivity contribution in [2.75, 3.05) is 13.1 Å². The molecule has 0 bridgehead atoms. The fourth-order valence-electron chi connectivity index (χ4n) is 2.68. The second kappa shape index (κ2) is 6.03. The zero-order chi connectivity index (χ0) is 12.3. The summed E-state index contributed by atoms with van der Waals surface area (Å²) < 4.78 is 6.68. The Kier molecular flexibility index (Phi) is 4.65. The Hall–Kier alpha value is -0.320. The summed E-state index contributed by atoms with van der Waals surface area (Å²) in [5.74, 6) is 0.993. The van der Waals surface area contributed by atoms with Crippen molar-refractivity contribution < 1.29 is 4.42 Å².